The van der Waals surface area contributed by atoms with E-state index in [1.807, 2.05) is 12.1 Å². The van der Waals surface area contributed by atoms with E-state index in [1.165, 1.54) is 137 Å². The van der Waals surface area contributed by atoms with E-state index in [2.05, 4.69) is 443 Å². The molecule has 0 fully saturated rings. The van der Waals surface area contributed by atoms with Gasteiger partial charge in [0, 0.05) is 87.8 Å². The van der Waals surface area contributed by atoms with E-state index in [0.717, 1.165) is 73.2 Å². The summed E-state index contributed by atoms with van der Waals surface area (Å²) in [5, 5.41) is 12.4. The molecule has 0 aliphatic carbocycles. The van der Waals surface area contributed by atoms with Gasteiger partial charge in [-0.05, 0) is 177 Å². The number of aromatic nitrogens is 6. The number of rotatable bonds is 12. The van der Waals surface area contributed by atoms with Gasteiger partial charge in [0.1, 0.15) is 0 Å². The van der Waals surface area contributed by atoms with Crippen LogP contribution in [0.2, 0.25) is 0 Å². The lowest BCUT2D eigenvalue weighted by Gasteiger charge is -2.13. The molecule has 0 aliphatic heterocycles. The molecule has 6 aromatic heterocycles. The molecule has 0 atom stereocenters. The summed E-state index contributed by atoms with van der Waals surface area (Å²) in [6.45, 7) is 0. The van der Waals surface area contributed by atoms with Crippen molar-refractivity contribution < 1.29 is 0 Å². The first kappa shape index (κ1) is 67.4. The van der Waals surface area contributed by atoms with Crippen molar-refractivity contribution in [2.75, 3.05) is 0 Å². The highest BCUT2D eigenvalue weighted by atomic mass is 15.0. The summed E-state index contributed by atoms with van der Waals surface area (Å²) in [6.07, 6.45) is 0. The molecule has 0 spiro atoms. The normalized spacial score (nSPS) is 11.6. The van der Waals surface area contributed by atoms with Gasteiger partial charge in [0.05, 0.1) is 72.6 Å². The maximum atomic E-state index is 5.19. The molecule has 0 radical (unpaired) electrons. The van der Waals surface area contributed by atoms with Crippen LogP contribution < -0.4 is 0 Å². The highest BCUT2D eigenvalue weighted by Gasteiger charge is 2.22. The fraction of sp³-hybridized carbons (Fsp3) is 0. The fourth-order valence-electron chi connectivity index (χ4n) is 17.7. The minimum Gasteiger partial charge on any atom is -0.309 e. The van der Waals surface area contributed by atoms with Crippen LogP contribution in [0.15, 0.2) is 437 Å². The topological polar surface area (TPSA) is 45.5 Å². The van der Waals surface area contributed by atoms with Gasteiger partial charge >= 0.3 is 0 Å². The highest BCUT2D eigenvalue weighted by molar-refractivity contribution is 6.15. The fourth-order valence-corrected chi connectivity index (χ4v) is 17.7. The molecular weight excluding hydrogens is 1410 g/mol. The van der Waals surface area contributed by atoms with Gasteiger partial charge in [-0.3, -0.25) is 0 Å². The van der Waals surface area contributed by atoms with Crippen LogP contribution in [-0.4, -0.2) is 28.2 Å². The average Bonchev–Trinajstić information content (AvgIpc) is 1.59. The van der Waals surface area contributed by atoms with E-state index in [9.17, 15) is 0 Å². The Bertz CT molecular complexity index is 7590. The van der Waals surface area contributed by atoms with Crippen LogP contribution in [-0.2, 0) is 0 Å². The number of para-hydroxylation sites is 5. The van der Waals surface area contributed by atoms with Crippen molar-refractivity contribution in [3.8, 4) is 112 Å². The van der Waals surface area contributed by atoms with E-state index < -0.39 is 0 Å². The largest absolute Gasteiger partial charge is 0.309 e. The predicted octanol–water partition coefficient (Wildman–Crippen LogP) is 29.0. The van der Waals surface area contributed by atoms with Gasteiger partial charge in [-0.25, -0.2) is 9.97 Å². The first-order valence-corrected chi connectivity index (χ1v) is 39.7. The summed E-state index contributed by atoms with van der Waals surface area (Å²) in [5.41, 5.74) is 31.7. The molecule has 17 aromatic carbocycles. The third-order valence-electron chi connectivity index (χ3n) is 23.2. The standard InChI is InChI=1S/C57H37N3.C53H35N3/c1-3-14-38(15-4-1)44-35-51(40-17-5-2-6-18-40)58-52(36-44)41-26-30-45(31-27-41)59-54-23-11-10-22-48(54)50-34-42(29-33-56(50)59)43-28-32-49-47-21-9-12-24-55(47)60(57(49)37-43)53-25-13-19-39-16-7-8-20-46(39)53;1-4-14-36(15-5-1)41-33-48(37-16-6-2-7-17-37)54-49(34-41)38-24-28-43(29-25-38)55-51-23-13-11-21-45(51)47-32-39(27-31-52(47)55)40-26-30-46-44-20-10-12-22-50(44)56(53(46)35-40)42-18-8-3-9-19-42/h1-37H;1-35H. The lowest BCUT2D eigenvalue weighted by atomic mass is 10.00. The molecule has 23 rings (SSSR count). The van der Waals surface area contributed by atoms with Crippen molar-refractivity contribution >= 4 is 98.0 Å². The lowest BCUT2D eigenvalue weighted by Crippen LogP contribution is -1.95. The van der Waals surface area contributed by atoms with E-state index in [1.54, 1.807) is 0 Å². The Hall–Kier alpha value is -15.5. The van der Waals surface area contributed by atoms with Crippen molar-refractivity contribution in [2.24, 2.45) is 0 Å². The molecule has 542 valence electrons. The van der Waals surface area contributed by atoms with Gasteiger partial charge in [0.25, 0.3) is 0 Å². The van der Waals surface area contributed by atoms with Crippen LogP contribution in [0.3, 0.4) is 0 Å². The van der Waals surface area contributed by atoms with Crippen LogP contribution in [0.1, 0.15) is 0 Å². The minimum absolute atomic E-state index is 0.949. The molecule has 0 saturated heterocycles. The van der Waals surface area contributed by atoms with E-state index in [0.29, 0.717) is 0 Å². The Morgan fingerprint density at radius 3 is 0.845 bits per heavy atom. The average molecular weight is 1480 g/mol. The second-order valence-electron chi connectivity index (χ2n) is 30.0. The van der Waals surface area contributed by atoms with Crippen LogP contribution in [0, 0.1) is 0 Å². The maximum Gasteiger partial charge on any atom is 0.0715 e. The first-order chi connectivity index (χ1) is 57.5. The third-order valence-corrected chi connectivity index (χ3v) is 23.2. The maximum absolute atomic E-state index is 5.19. The van der Waals surface area contributed by atoms with Gasteiger partial charge in [-0.1, -0.05) is 309 Å². The van der Waals surface area contributed by atoms with Crippen LogP contribution >= 0.6 is 0 Å². The highest BCUT2D eigenvalue weighted by Crippen LogP contribution is 2.44. The van der Waals surface area contributed by atoms with Crippen molar-refractivity contribution in [3.63, 3.8) is 0 Å². The summed E-state index contributed by atoms with van der Waals surface area (Å²) in [5.74, 6) is 0. The second kappa shape index (κ2) is 28.4. The SMILES string of the molecule is c1ccc(-c2cc(-c3ccccc3)nc(-c3ccc(-n4c5ccccc5c5cc(-c6ccc7c8ccccc8n(-c8cccc9ccccc89)c7c6)ccc54)cc3)c2)cc1.c1ccc(-c2cc(-c3ccccc3)nc(-c3ccc(-n4c5ccccc5c5cc(-c6ccc7c8ccccc8n(-c8ccccc8)c7c6)ccc54)cc3)c2)cc1. The zero-order chi connectivity index (χ0) is 76.6. The van der Waals surface area contributed by atoms with Gasteiger partial charge in [0.2, 0.25) is 0 Å². The minimum atomic E-state index is 0.949. The Morgan fingerprint density at radius 1 is 0.138 bits per heavy atom. The number of hydrogen-bond donors (Lipinski definition) is 0. The van der Waals surface area contributed by atoms with Crippen molar-refractivity contribution in [1.29, 1.82) is 0 Å². The van der Waals surface area contributed by atoms with Crippen LogP contribution in [0.5, 0.6) is 0 Å². The molecule has 0 saturated carbocycles. The number of benzene rings is 17. The Kier molecular flexibility index (Phi) is 16.5. The lowest BCUT2D eigenvalue weighted by molar-refractivity contribution is 1.18. The van der Waals surface area contributed by atoms with E-state index in [-0.39, 0.29) is 0 Å². The van der Waals surface area contributed by atoms with Gasteiger partial charge < -0.3 is 18.3 Å². The predicted molar refractivity (Wildman–Crippen MR) is 487 cm³/mol. The summed E-state index contributed by atoms with van der Waals surface area (Å²) in [7, 11) is 0. The number of nitrogens with zero attached hydrogens (tertiary/aromatic N) is 6. The monoisotopic (exact) mass is 1480 g/mol. The number of pyridine rings is 2. The summed E-state index contributed by atoms with van der Waals surface area (Å²) in [6, 6.07) is 157. The summed E-state index contributed by atoms with van der Waals surface area (Å²) < 4.78 is 9.61. The zero-order valence-corrected chi connectivity index (χ0v) is 63.3. The molecule has 6 nitrogen and oxygen atoms in total. The number of fused-ring (bicyclic) bond motifs is 13. The zero-order valence-electron chi connectivity index (χ0n) is 63.3. The smallest absolute Gasteiger partial charge is 0.0715 e. The molecule has 0 bridgehead atoms. The Balaban J connectivity index is 0.000000141. The molecule has 116 heavy (non-hydrogen) atoms. The van der Waals surface area contributed by atoms with Crippen molar-refractivity contribution in [3.05, 3.63) is 437 Å². The quantitative estimate of drug-likeness (QED) is 0.122. The Labute approximate surface area is 670 Å². The molecule has 0 N–H and O–H groups in total. The molecule has 23 aromatic rings. The molecule has 6 heteroatoms. The number of hydrogen-bond acceptors (Lipinski definition) is 2. The molecule has 0 amide bonds. The van der Waals surface area contributed by atoms with Crippen molar-refractivity contribution in [2.45, 2.75) is 0 Å². The van der Waals surface area contributed by atoms with Crippen LogP contribution in [0.4, 0.5) is 0 Å². The molecule has 0 unspecified atom stereocenters. The van der Waals surface area contributed by atoms with Crippen LogP contribution in [0.25, 0.3) is 210 Å². The molecule has 0 aliphatic rings. The summed E-state index contributed by atoms with van der Waals surface area (Å²) in [4.78, 5) is 10.4. The summed E-state index contributed by atoms with van der Waals surface area (Å²) >= 11 is 0. The second-order valence-corrected chi connectivity index (χ2v) is 30.0. The molecular formula is C110H72N6. The van der Waals surface area contributed by atoms with Gasteiger partial charge in [-0.15, -0.1) is 0 Å². The third kappa shape index (κ3) is 11.8. The van der Waals surface area contributed by atoms with Crippen molar-refractivity contribution in [1.82, 2.24) is 28.2 Å². The first-order valence-electron chi connectivity index (χ1n) is 39.7. The Morgan fingerprint density at radius 2 is 0.414 bits per heavy atom. The van der Waals surface area contributed by atoms with E-state index >= 15 is 0 Å². The van der Waals surface area contributed by atoms with Gasteiger partial charge in [-0.2, -0.15) is 0 Å². The van der Waals surface area contributed by atoms with E-state index in [4.69, 9.17) is 9.97 Å². The molecule has 6 heterocycles. The van der Waals surface area contributed by atoms with Gasteiger partial charge in [0.15, 0.2) is 0 Å².